The van der Waals surface area contributed by atoms with Gasteiger partial charge in [0.1, 0.15) is 12.1 Å². The van der Waals surface area contributed by atoms with Crippen molar-refractivity contribution < 1.29 is 26.4 Å². The third-order valence-corrected chi connectivity index (χ3v) is 14.2. The molecule has 6 N–H and O–H groups in total. The Morgan fingerprint density at radius 1 is 0.538 bits per heavy atom. The summed E-state index contributed by atoms with van der Waals surface area (Å²) in [5.41, 5.74) is 7.88. The van der Waals surface area contributed by atoms with Crippen LogP contribution >= 0.6 is 0 Å². The minimum atomic E-state index is -3.88. The van der Waals surface area contributed by atoms with Crippen molar-refractivity contribution in [3.8, 4) is 0 Å². The molecule has 0 spiro atoms. The van der Waals surface area contributed by atoms with Gasteiger partial charge in [-0.2, -0.15) is 9.44 Å². The topological polar surface area (TPSA) is 182 Å². The standard InChI is InChI=1S/C27H29N3O3S.C24H31N3O3S/c1-19-7-11-21(12-8-19)15-16-28-27(31)26(17-22-18-29-25-6-4-3-5-24(22)25)30-34(32,33)23-13-9-20(2)10-14-23;1-17(2)7-6-14-25-24(28)23(15-19-16-26-22-9-5-4-8-21(19)22)27-31(29,30)20-12-10-18(3)11-13-20/h3-14,18,26,29-30H,15-17H2,1-2H3,(H,28,31);4-5,8-13,16-17,23,26-27H,6-7,14-15H2,1-3H3,(H,25,28)/t26-;23-/m00/s1. The maximum Gasteiger partial charge on any atom is 0.241 e. The molecule has 0 unspecified atom stereocenters. The summed E-state index contributed by atoms with van der Waals surface area (Å²) in [7, 11) is -7.72. The van der Waals surface area contributed by atoms with E-state index in [-0.39, 0.29) is 34.4 Å². The zero-order chi connectivity index (χ0) is 46.6. The summed E-state index contributed by atoms with van der Waals surface area (Å²) in [6, 6.07) is 35.0. The number of nitrogens with one attached hydrogen (secondary N) is 6. The first-order valence-electron chi connectivity index (χ1n) is 22.0. The van der Waals surface area contributed by atoms with Gasteiger partial charge in [0, 0.05) is 47.3 Å². The van der Waals surface area contributed by atoms with Gasteiger partial charge in [-0.25, -0.2) is 16.8 Å². The van der Waals surface area contributed by atoms with E-state index in [0.717, 1.165) is 62.5 Å². The van der Waals surface area contributed by atoms with E-state index in [1.807, 2.05) is 106 Å². The van der Waals surface area contributed by atoms with Crippen molar-refractivity contribution in [1.29, 1.82) is 0 Å². The summed E-state index contributed by atoms with van der Waals surface area (Å²) in [4.78, 5) is 32.8. The van der Waals surface area contributed by atoms with Crippen LogP contribution < -0.4 is 20.1 Å². The highest BCUT2D eigenvalue weighted by molar-refractivity contribution is 7.89. The fourth-order valence-electron chi connectivity index (χ4n) is 7.42. The van der Waals surface area contributed by atoms with E-state index in [4.69, 9.17) is 0 Å². The van der Waals surface area contributed by atoms with Crippen LogP contribution in [0.15, 0.2) is 144 Å². The number of amides is 2. The Morgan fingerprint density at radius 3 is 1.37 bits per heavy atom. The molecule has 2 atom stereocenters. The Hall–Kier alpha value is -6.06. The number of fused-ring (bicyclic) bond motifs is 2. The van der Waals surface area contributed by atoms with E-state index in [2.05, 4.69) is 43.9 Å². The SMILES string of the molecule is Cc1ccc(CCNC(=O)[C@H](Cc2c[nH]c3ccccc23)NS(=O)(=O)c2ccc(C)cc2)cc1.Cc1ccc(S(=O)(=O)N[C@@H](Cc2c[nH]c3ccccc23)C(=O)NCCCC(C)C)cc1. The van der Waals surface area contributed by atoms with Crippen LogP contribution in [0.1, 0.15) is 60.1 Å². The molecule has 7 aromatic rings. The van der Waals surface area contributed by atoms with E-state index < -0.39 is 32.1 Å². The Bertz CT molecular complexity index is 2890. The van der Waals surface area contributed by atoms with Crippen molar-refractivity contribution >= 4 is 53.7 Å². The first kappa shape index (κ1) is 48.4. The predicted molar refractivity (Wildman–Crippen MR) is 260 cm³/mol. The van der Waals surface area contributed by atoms with Crippen molar-refractivity contribution in [3.05, 3.63) is 167 Å². The van der Waals surface area contributed by atoms with Gasteiger partial charge in [-0.3, -0.25) is 9.59 Å². The highest BCUT2D eigenvalue weighted by Gasteiger charge is 2.28. The molecule has 0 bridgehead atoms. The molecular weight excluding hydrogens is 857 g/mol. The Kier molecular flexibility index (Phi) is 16.5. The molecular formula is C51H60N6O6S2. The summed E-state index contributed by atoms with van der Waals surface area (Å²) < 4.78 is 57.4. The van der Waals surface area contributed by atoms with Crippen LogP contribution in [0.25, 0.3) is 21.8 Å². The Labute approximate surface area is 383 Å². The van der Waals surface area contributed by atoms with Gasteiger partial charge in [0.05, 0.1) is 9.79 Å². The average Bonchev–Trinajstić information content (AvgIpc) is 3.89. The third kappa shape index (κ3) is 13.7. The van der Waals surface area contributed by atoms with Gasteiger partial charge < -0.3 is 20.6 Å². The number of aryl methyl sites for hydroxylation is 3. The van der Waals surface area contributed by atoms with Gasteiger partial charge in [-0.1, -0.05) is 115 Å². The largest absolute Gasteiger partial charge is 0.361 e. The Balaban J connectivity index is 0.000000216. The number of carbonyl (C=O) groups is 2. The summed E-state index contributed by atoms with van der Waals surface area (Å²) in [6.45, 7) is 11.0. The van der Waals surface area contributed by atoms with E-state index in [1.165, 1.54) is 5.56 Å². The van der Waals surface area contributed by atoms with Crippen molar-refractivity contribution in [2.75, 3.05) is 13.1 Å². The van der Waals surface area contributed by atoms with Crippen molar-refractivity contribution in [2.24, 2.45) is 5.92 Å². The molecule has 2 amide bonds. The lowest BCUT2D eigenvalue weighted by atomic mass is 10.0. The lowest BCUT2D eigenvalue weighted by Gasteiger charge is -2.19. The summed E-state index contributed by atoms with van der Waals surface area (Å²) in [5.74, 6) is -0.114. The van der Waals surface area contributed by atoms with Gasteiger partial charge >= 0.3 is 0 Å². The van der Waals surface area contributed by atoms with Crippen molar-refractivity contribution in [1.82, 2.24) is 30.0 Å². The van der Waals surface area contributed by atoms with Gasteiger partial charge in [-0.05, 0) is 112 Å². The normalized spacial score (nSPS) is 12.7. The summed E-state index contributed by atoms with van der Waals surface area (Å²) in [5, 5.41) is 7.77. The zero-order valence-electron chi connectivity index (χ0n) is 37.6. The maximum atomic E-state index is 13.2. The Morgan fingerprint density at radius 2 is 0.938 bits per heavy atom. The highest BCUT2D eigenvalue weighted by Crippen LogP contribution is 2.22. The number of aromatic amines is 2. The number of hydrogen-bond acceptors (Lipinski definition) is 6. The molecule has 7 rings (SSSR count). The van der Waals surface area contributed by atoms with E-state index >= 15 is 0 Å². The number of benzene rings is 5. The van der Waals surface area contributed by atoms with Crippen LogP contribution in [-0.2, 0) is 48.9 Å². The van der Waals surface area contributed by atoms with Crippen LogP contribution in [0, 0.1) is 26.7 Å². The number of carbonyl (C=O) groups excluding carboxylic acids is 2. The third-order valence-electron chi connectivity index (χ3n) is 11.2. The fourth-order valence-corrected chi connectivity index (χ4v) is 9.81. The van der Waals surface area contributed by atoms with Gasteiger partial charge in [0.2, 0.25) is 31.9 Å². The average molecular weight is 917 g/mol. The second-order valence-corrected chi connectivity index (χ2v) is 20.4. The second-order valence-electron chi connectivity index (χ2n) is 17.0. The highest BCUT2D eigenvalue weighted by atomic mass is 32.2. The first-order valence-corrected chi connectivity index (χ1v) is 24.9. The van der Waals surface area contributed by atoms with E-state index in [9.17, 15) is 26.4 Å². The molecule has 14 heteroatoms. The molecule has 2 heterocycles. The number of H-pyrrole nitrogens is 2. The lowest BCUT2D eigenvalue weighted by Crippen LogP contribution is -2.48. The molecule has 0 radical (unpaired) electrons. The molecule has 0 fully saturated rings. The molecule has 342 valence electrons. The minimum absolute atomic E-state index is 0.134. The summed E-state index contributed by atoms with van der Waals surface area (Å²) >= 11 is 0. The molecule has 0 aliphatic heterocycles. The summed E-state index contributed by atoms with van der Waals surface area (Å²) in [6.07, 6.45) is 6.67. The van der Waals surface area contributed by atoms with Crippen molar-refractivity contribution in [3.63, 3.8) is 0 Å². The number of para-hydroxylation sites is 2. The molecule has 2 aromatic heterocycles. The quantitative estimate of drug-likeness (QED) is 0.0448. The van der Waals surface area contributed by atoms with Gasteiger partial charge in [0.25, 0.3) is 0 Å². The fraction of sp³-hybridized carbons (Fsp3) is 0.294. The van der Waals surface area contributed by atoms with Crippen LogP contribution in [0.3, 0.4) is 0 Å². The van der Waals surface area contributed by atoms with Crippen molar-refractivity contribution in [2.45, 2.75) is 88.6 Å². The van der Waals surface area contributed by atoms with Gasteiger partial charge in [0.15, 0.2) is 0 Å². The number of aromatic nitrogens is 2. The predicted octanol–water partition coefficient (Wildman–Crippen LogP) is 7.95. The molecule has 0 saturated carbocycles. The molecule has 0 aliphatic carbocycles. The maximum absolute atomic E-state index is 13.2. The van der Waals surface area contributed by atoms with Crippen LogP contribution in [-0.4, -0.2) is 63.8 Å². The molecule has 65 heavy (non-hydrogen) atoms. The monoisotopic (exact) mass is 916 g/mol. The van der Waals surface area contributed by atoms with E-state index in [0.29, 0.717) is 25.4 Å². The number of sulfonamides is 2. The minimum Gasteiger partial charge on any atom is -0.361 e. The smallest absolute Gasteiger partial charge is 0.241 e. The second kappa shape index (κ2) is 22.2. The number of hydrogen-bond donors (Lipinski definition) is 6. The van der Waals surface area contributed by atoms with E-state index in [1.54, 1.807) is 48.5 Å². The van der Waals surface area contributed by atoms with Crippen LogP contribution in [0.2, 0.25) is 0 Å². The first-order chi connectivity index (χ1) is 31.1. The van der Waals surface area contributed by atoms with Gasteiger partial charge in [-0.15, -0.1) is 0 Å². The van der Waals surface area contributed by atoms with Crippen LogP contribution in [0.4, 0.5) is 0 Å². The molecule has 12 nitrogen and oxygen atoms in total. The molecule has 0 aliphatic rings. The number of rotatable bonds is 19. The molecule has 5 aromatic carbocycles. The zero-order valence-corrected chi connectivity index (χ0v) is 39.3. The lowest BCUT2D eigenvalue weighted by molar-refractivity contribution is -0.123. The molecule has 0 saturated heterocycles. The van der Waals surface area contributed by atoms with Crippen LogP contribution in [0.5, 0.6) is 0 Å².